The van der Waals surface area contributed by atoms with Gasteiger partial charge in [-0.3, -0.25) is 0 Å². The zero-order valence-electron chi connectivity index (χ0n) is 9.06. The number of nitriles is 1. The van der Waals surface area contributed by atoms with Gasteiger partial charge in [-0.05, 0) is 17.7 Å². The molecule has 0 fully saturated rings. The normalized spacial score (nSPS) is 9.88. The summed E-state index contributed by atoms with van der Waals surface area (Å²) in [7, 11) is 0. The Kier molecular flexibility index (Phi) is 4.08. The molecule has 0 heterocycles. The Balaban J connectivity index is 2.17. The number of thioether (sulfide) groups is 1. The maximum atomic E-state index is 9.02. The molecule has 0 spiro atoms. The van der Waals surface area contributed by atoms with Crippen LogP contribution in [0.2, 0.25) is 5.02 Å². The SMILES string of the molecule is N#Cc1cccc(Cl)c1SCc1ccccc1. The lowest BCUT2D eigenvalue weighted by molar-refractivity contribution is 1.34. The maximum absolute atomic E-state index is 9.02. The Morgan fingerprint density at radius 2 is 1.82 bits per heavy atom. The van der Waals surface area contributed by atoms with Gasteiger partial charge in [-0.15, -0.1) is 11.8 Å². The average Bonchev–Trinajstić information content (AvgIpc) is 2.38. The minimum absolute atomic E-state index is 0.637. The molecule has 0 aliphatic heterocycles. The lowest BCUT2D eigenvalue weighted by Gasteiger charge is -2.06. The van der Waals surface area contributed by atoms with Crippen molar-refractivity contribution in [1.82, 2.24) is 0 Å². The molecule has 2 rings (SSSR count). The van der Waals surface area contributed by atoms with E-state index in [1.165, 1.54) is 5.56 Å². The molecule has 0 radical (unpaired) electrons. The number of halogens is 1. The molecule has 0 aromatic heterocycles. The lowest BCUT2D eigenvalue weighted by Crippen LogP contribution is -1.85. The quantitative estimate of drug-likeness (QED) is 0.758. The first-order valence-corrected chi connectivity index (χ1v) is 6.53. The largest absolute Gasteiger partial charge is 0.192 e. The van der Waals surface area contributed by atoms with Crippen LogP contribution >= 0.6 is 23.4 Å². The highest BCUT2D eigenvalue weighted by Gasteiger charge is 2.07. The second-order valence-corrected chi connectivity index (χ2v) is 4.90. The fraction of sp³-hybridized carbons (Fsp3) is 0.0714. The molecule has 84 valence electrons. The molecule has 0 bridgehead atoms. The molecule has 17 heavy (non-hydrogen) atoms. The number of rotatable bonds is 3. The molecule has 2 aromatic carbocycles. The van der Waals surface area contributed by atoms with Gasteiger partial charge in [0.05, 0.1) is 10.6 Å². The summed E-state index contributed by atoms with van der Waals surface area (Å²) < 4.78 is 0. The number of nitrogens with zero attached hydrogens (tertiary/aromatic N) is 1. The van der Waals surface area contributed by atoms with E-state index in [1.807, 2.05) is 24.3 Å². The third-order valence-corrected chi connectivity index (χ3v) is 3.95. The van der Waals surface area contributed by atoms with E-state index in [0.717, 1.165) is 10.6 Å². The van der Waals surface area contributed by atoms with Crippen molar-refractivity contribution in [2.75, 3.05) is 0 Å². The van der Waals surface area contributed by atoms with Gasteiger partial charge in [-0.1, -0.05) is 48.0 Å². The molecule has 2 aromatic rings. The van der Waals surface area contributed by atoms with Gasteiger partial charge in [0.2, 0.25) is 0 Å². The van der Waals surface area contributed by atoms with Crippen LogP contribution in [0, 0.1) is 11.3 Å². The van der Waals surface area contributed by atoms with Crippen LogP contribution in [-0.2, 0) is 5.75 Å². The van der Waals surface area contributed by atoms with Gasteiger partial charge in [-0.2, -0.15) is 5.26 Å². The van der Waals surface area contributed by atoms with E-state index in [4.69, 9.17) is 16.9 Å². The molecular weight excluding hydrogens is 250 g/mol. The third-order valence-electron chi connectivity index (χ3n) is 2.31. The van der Waals surface area contributed by atoms with E-state index in [1.54, 1.807) is 23.9 Å². The first kappa shape index (κ1) is 12.0. The fourth-order valence-corrected chi connectivity index (χ4v) is 2.79. The molecular formula is C14H10ClNS. The standard InChI is InChI=1S/C14H10ClNS/c15-13-8-4-7-12(9-16)14(13)17-10-11-5-2-1-3-6-11/h1-8H,10H2. The molecule has 0 amide bonds. The first-order chi connectivity index (χ1) is 8.31. The van der Waals surface area contributed by atoms with Crippen molar-refractivity contribution >= 4 is 23.4 Å². The van der Waals surface area contributed by atoms with Crippen molar-refractivity contribution in [2.45, 2.75) is 10.6 Å². The highest BCUT2D eigenvalue weighted by atomic mass is 35.5. The number of hydrogen-bond donors (Lipinski definition) is 0. The third kappa shape index (κ3) is 3.03. The van der Waals surface area contributed by atoms with E-state index in [0.29, 0.717) is 10.6 Å². The van der Waals surface area contributed by atoms with Crippen LogP contribution in [0.15, 0.2) is 53.4 Å². The predicted molar refractivity (Wildman–Crippen MR) is 72.2 cm³/mol. The summed E-state index contributed by atoms with van der Waals surface area (Å²) in [6.45, 7) is 0. The average molecular weight is 260 g/mol. The van der Waals surface area contributed by atoms with Crippen LogP contribution in [0.1, 0.15) is 11.1 Å². The van der Waals surface area contributed by atoms with Crippen molar-refractivity contribution in [1.29, 1.82) is 5.26 Å². The van der Waals surface area contributed by atoms with Crippen molar-refractivity contribution in [3.8, 4) is 6.07 Å². The van der Waals surface area contributed by atoms with Crippen LogP contribution in [0.4, 0.5) is 0 Å². The van der Waals surface area contributed by atoms with Gasteiger partial charge in [0.15, 0.2) is 0 Å². The highest BCUT2D eigenvalue weighted by Crippen LogP contribution is 2.32. The van der Waals surface area contributed by atoms with Crippen LogP contribution in [-0.4, -0.2) is 0 Å². The van der Waals surface area contributed by atoms with Crippen molar-refractivity contribution < 1.29 is 0 Å². The topological polar surface area (TPSA) is 23.8 Å². The van der Waals surface area contributed by atoms with Crippen molar-refractivity contribution in [3.05, 3.63) is 64.7 Å². The molecule has 0 unspecified atom stereocenters. The smallest absolute Gasteiger partial charge is 0.100 e. The fourth-order valence-electron chi connectivity index (χ4n) is 1.47. The Hall–Kier alpha value is -1.43. The summed E-state index contributed by atoms with van der Waals surface area (Å²) in [5, 5.41) is 9.66. The van der Waals surface area contributed by atoms with Gasteiger partial charge >= 0.3 is 0 Å². The molecule has 0 aliphatic carbocycles. The monoisotopic (exact) mass is 259 g/mol. The molecule has 0 aliphatic rings. The van der Waals surface area contributed by atoms with E-state index < -0.39 is 0 Å². The zero-order chi connectivity index (χ0) is 12.1. The predicted octanol–water partition coefficient (Wildman–Crippen LogP) is 4.50. The molecule has 3 heteroatoms. The summed E-state index contributed by atoms with van der Waals surface area (Å²) in [5.74, 6) is 0.819. The van der Waals surface area contributed by atoms with Crippen LogP contribution < -0.4 is 0 Å². The van der Waals surface area contributed by atoms with E-state index in [2.05, 4.69) is 18.2 Å². The van der Waals surface area contributed by atoms with Gasteiger partial charge in [-0.25, -0.2) is 0 Å². The van der Waals surface area contributed by atoms with Gasteiger partial charge in [0.1, 0.15) is 6.07 Å². The number of hydrogen-bond acceptors (Lipinski definition) is 2. The second kappa shape index (κ2) is 5.77. The van der Waals surface area contributed by atoms with Crippen LogP contribution in [0.5, 0.6) is 0 Å². The second-order valence-electron chi connectivity index (χ2n) is 3.50. The van der Waals surface area contributed by atoms with Gasteiger partial charge in [0, 0.05) is 10.6 Å². The molecule has 0 saturated carbocycles. The Labute approximate surface area is 110 Å². The molecule has 0 N–H and O–H groups in total. The molecule has 0 atom stereocenters. The van der Waals surface area contributed by atoms with Crippen LogP contribution in [0.25, 0.3) is 0 Å². The van der Waals surface area contributed by atoms with Gasteiger partial charge < -0.3 is 0 Å². The zero-order valence-corrected chi connectivity index (χ0v) is 10.6. The number of benzene rings is 2. The summed E-state index contributed by atoms with van der Waals surface area (Å²) in [6, 6.07) is 17.7. The van der Waals surface area contributed by atoms with E-state index in [9.17, 15) is 0 Å². The van der Waals surface area contributed by atoms with Crippen LogP contribution in [0.3, 0.4) is 0 Å². The van der Waals surface area contributed by atoms with E-state index in [-0.39, 0.29) is 0 Å². The summed E-state index contributed by atoms with van der Waals surface area (Å²) in [4.78, 5) is 0.862. The van der Waals surface area contributed by atoms with Crippen molar-refractivity contribution in [3.63, 3.8) is 0 Å². The Morgan fingerprint density at radius 3 is 2.53 bits per heavy atom. The Morgan fingerprint density at radius 1 is 1.06 bits per heavy atom. The molecule has 1 nitrogen and oxygen atoms in total. The minimum Gasteiger partial charge on any atom is -0.192 e. The molecule has 0 saturated heterocycles. The lowest BCUT2D eigenvalue weighted by atomic mass is 10.2. The summed E-state index contributed by atoms with van der Waals surface area (Å²) in [5.41, 5.74) is 1.86. The van der Waals surface area contributed by atoms with Gasteiger partial charge in [0.25, 0.3) is 0 Å². The first-order valence-electron chi connectivity index (χ1n) is 5.16. The van der Waals surface area contributed by atoms with E-state index >= 15 is 0 Å². The summed E-state index contributed by atoms with van der Waals surface area (Å²) in [6.07, 6.45) is 0. The summed E-state index contributed by atoms with van der Waals surface area (Å²) >= 11 is 7.70. The van der Waals surface area contributed by atoms with Crippen molar-refractivity contribution in [2.24, 2.45) is 0 Å². The Bertz CT molecular complexity index is 546. The maximum Gasteiger partial charge on any atom is 0.100 e. The minimum atomic E-state index is 0.637. The highest BCUT2D eigenvalue weighted by molar-refractivity contribution is 7.98.